The molecule has 0 amide bonds. The first-order valence-electron chi connectivity index (χ1n) is 5.12. The lowest BCUT2D eigenvalue weighted by Gasteiger charge is -2.11. The van der Waals surface area contributed by atoms with Crippen LogP contribution in [0.4, 0.5) is 0 Å². The molecule has 1 atom stereocenters. The van der Waals surface area contributed by atoms with Gasteiger partial charge in [0.2, 0.25) is 0 Å². The largest absolute Gasteiger partial charge is 0.324 e. The summed E-state index contributed by atoms with van der Waals surface area (Å²) in [4.78, 5) is 4.12. The second-order valence-electron chi connectivity index (χ2n) is 4.06. The predicted octanol–water partition coefficient (Wildman–Crippen LogP) is 3.03. The molecule has 1 aliphatic carbocycles. The third-order valence-corrected chi connectivity index (χ3v) is 3.17. The van der Waals surface area contributed by atoms with Crippen molar-refractivity contribution in [2.75, 3.05) is 0 Å². The highest BCUT2D eigenvalue weighted by Gasteiger charge is 2.21. The van der Waals surface area contributed by atoms with Gasteiger partial charge in [-0.15, -0.1) is 0 Å². The van der Waals surface area contributed by atoms with E-state index < -0.39 is 0 Å². The van der Waals surface area contributed by atoms with Crippen molar-refractivity contribution in [1.82, 2.24) is 4.98 Å². The van der Waals surface area contributed by atoms with E-state index in [-0.39, 0.29) is 6.04 Å². The van der Waals surface area contributed by atoms with Gasteiger partial charge in [0.1, 0.15) is 0 Å². The molecular formula is C11H15BrN2. The monoisotopic (exact) mass is 254 g/mol. The van der Waals surface area contributed by atoms with Gasteiger partial charge in [-0.05, 0) is 46.3 Å². The first-order valence-corrected chi connectivity index (χ1v) is 5.91. The zero-order valence-electron chi connectivity index (χ0n) is 8.12. The fraction of sp³-hybridized carbons (Fsp3) is 0.545. The minimum atomic E-state index is 0.153. The number of pyridine rings is 1. The van der Waals surface area contributed by atoms with Gasteiger partial charge in [0, 0.05) is 22.9 Å². The molecule has 2 rings (SSSR count). The van der Waals surface area contributed by atoms with Crippen LogP contribution in [0.1, 0.15) is 37.3 Å². The van der Waals surface area contributed by atoms with Crippen LogP contribution in [-0.2, 0) is 0 Å². The van der Waals surface area contributed by atoms with Crippen molar-refractivity contribution in [3.8, 4) is 0 Å². The summed E-state index contributed by atoms with van der Waals surface area (Å²) < 4.78 is 1.01. The van der Waals surface area contributed by atoms with Crippen LogP contribution in [-0.4, -0.2) is 4.98 Å². The van der Waals surface area contributed by atoms with E-state index >= 15 is 0 Å². The molecule has 0 aliphatic heterocycles. The van der Waals surface area contributed by atoms with Crippen molar-refractivity contribution in [2.24, 2.45) is 11.7 Å². The lowest BCUT2D eigenvalue weighted by molar-refractivity contribution is 0.574. The summed E-state index contributed by atoms with van der Waals surface area (Å²) in [6, 6.07) is 2.21. The minimum absolute atomic E-state index is 0.153. The van der Waals surface area contributed by atoms with E-state index in [1.165, 1.54) is 19.3 Å². The standard InChI is InChI=1S/C11H15BrN2/c12-10-5-9(6-14-7-10)11(13)4-3-8-1-2-8/h5-8,11H,1-4,13H2. The molecule has 0 radical (unpaired) electrons. The van der Waals surface area contributed by atoms with Gasteiger partial charge in [-0.25, -0.2) is 0 Å². The number of hydrogen-bond acceptors (Lipinski definition) is 2. The highest BCUT2D eigenvalue weighted by Crippen LogP contribution is 2.35. The van der Waals surface area contributed by atoms with Crippen LogP contribution in [0, 0.1) is 5.92 Å². The Labute approximate surface area is 93.0 Å². The van der Waals surface area contributed by atoms with Gasteiger partial charge in [-0.3, -0.25) is 4.98 Å². The molecule has 1 unspecified atom stereocenters. The summed E-state index contributed by atoms with van der Waals surface area (Å²) in [7, 11) is 0. The molecular weight excluding hydrogens is 240 g/mol. The maximum absolute atomic E-state index is 6.08. The fourth-order valence-electron chi connectivity index (χ4n) is 1.62. The Kier molecular flexibility index (Phi) is 3.19. The highest BCUT2D eigenvalue weighted by molar-refractivity contribution is 9.10. The number of nitrogens with zero attached hydrogens (tertiary/aromatic N) is 1. The molecule has 0 bridgehead atoms. The Balaban J connectivity index is 1.91. The number of rotatable bonds is 4. The zero-order valence-corrected chi connectivity index (χ0v) is 9.70. The number of aromatic nitrogens is 1. The molecule has 0 aromatic carbocycles. The van der Waals surface area contributed by atoms with Crippen molar-refractivity contribution in [3.63, 3.8) is 0 Å². The molecule has 2 N–H and O–H groups in total. The minimum Gasteiger partial charge on any atom is -0.324 e. The van der Waals surface area contributed by atoms with E-state index in [0.29, 0.717) is 0 Å². The average molecular weight is 255 g/mol. The Hall–Kier alpha value is -0.410. The zero-order chi connectivity index (χ0) is 9.97. The van der Waals surface area contributed by atoms with Crippen LogP contribution in [0.25, 0.3) is 0 Å². The number of nitrogens with two attached hydrogens (primary N) is 1. The Morgan fingerprint density at radius 2 is 2.29 bits per heavy atom. The van der Waals surface area contributed by atoms with Gasteiger partial charge in [0.15, 0.2) is 0 Å². The Morgan fingerprint density at radius 3 is 2.93 bits per heavy atom. The highest BCUT2D eigenvalue weighted by atomic mass is 79.9. The van der Waals surface area contributed by atoms with Crippen molar-refractivity contribution < 1.29 is 0 Å². The molecule has 1 saturated carbocycles. The topological polar surface area (TPSA) is 38.9 Å². The first kappa shape index (κ1) is 10.1. The van der Waals surface area contributed by atoms with Gasteiger partial charge >= 0.3 is 0 Å². The molecule has 1 heterocycles. The van der Waals surface area contributed by atoms with Crippen molar-refractivity contribution >= 4 is 15.9 Å². The summed E-state index contributed by atoms with van der Waals surface area (Å²) in [6.45, 7) is 0. The molecule has 1 aliphatic rings. The van der Waals surface area contributed by atoms with Crippen LogP contribution in [0.5, 0.6) is 0 Å². The second-order valence-corrected chi connectivity index (χ2v) is 4.98. The summed E-state index contributed by atoms with van der Waals surface area (Å²) in [5, 5.41) is 0. The fourth-order valence-corrected chi connectivity index (χ4v) is 2.00. The van der Waals surface area contributed by atoms with Crippen LogP contribution in [0.3, 0.4) is 0 Å². The third-order valence-electron chi connectivity index (χ3n) is 2.74. The van der Waals surface area contributed by atoms with Crippen LogP contribution in [0.15, 0.2) is 22.9 Å². The van der Waals surface area contributed by atoms with Gasteiger partial charge in [-0.1, -0.05) is 12.8 Å². The summed E-state index contributed by atoms with van der Waals surface area (Å²) in [5.74, 6) is 0.959. The number of halogens is 1. The molecule has 1 aromatic heterocycles. The average Bonchev–Trinajstić information content (AvgIpc) is 2.97. The van der Waals surface area contributed by atoms with Gasteiger partial charge in [0.05, 0.1) is 0 Å². The van der Waals surface area contributed by atoms with Gasteiger partial charge in [0.25, 0.3) is 0 Å². The van der Waals surface area contributed by atoms with Crippen LogP contribution in [0.2, 0.25) is 0 Å². The molecule has 0 spiro atoms. The van der Waals surface area contributed by atoms with E-state index in [9.17, 15) is 0 Å². The van der Waals surface area contributed by atoms with Gasteiger partial charge < -0.3 is 5.73 Å². The quantitative estimate of drug-likeness (QED) is 0.898. The van der Waals surface area contributed by atoms with Crippen molar-refractivity contribution in [3.05, 3.63) is 28.5 Å². The molecule has 3 heteroatoms. The Morgan fingerprint density at radius 1 is 1.50 bits per heavy atom. The van der Waals surface area contributed by atoms with E-state index in [2.05, 4.69) is 27.0 Å². The van der Waals surface area contributed by atoms with Crippen molar-refractivity contribution in [2.45, 2.75) is 31.7 Å². The van der Waals surface area contributed by atoms with E-state index in [1.807, 2.05) is 6.20 Å². The smallest absolute Gasteiger partial charge is 0.0410 e. The van der Waals surface area contributed by atoms with Crippen molar-refractivity contribution in [1.29, 1.82) is 0 Å². The molecule has 14 heavy (non-hydrogen) atoms. The second kappa shape index (κ2) is 4.41. The normalized spacial score (nSPS) is 18.1. The van der Waals surface area contributed by atoms with Crippen LogP contribution < -0.4 is 5.73 Å². The third kappa shape index (κ3) is 2.79. The first-order chi connectivity index (χ1) is 6.75. The molecule has 2 nitrogen and oxygen atoms in total. The van der Waals surface area contributed by atoms with E-state index in [0.717, 1.165) is 22.4 Å². The molecule has 1 aromatic rings. The lowest BCUT2D eigenvalue weighted by atomic mass is 10.0. The lowest BCUT2D eigenvalue weighted by Crippen LogP contribution is -2.10. The summed E-state index contributed by atoms with van der Waals surface area (Å²) in [6.07, 6.45) is 8.82. The SMILES string of the molecule is NC(CCC1CC1)c1cncc(Br)c1. The summed E-state index contributed by atoms with van der Waals surface area (Å²) in [5.41, 5.74) is 7.22. The Bertz CT molecular complexity index is 310. The predicted molar refractivity (Wildman–Crippen MR) is 60.8 cm³/mol. The molecule has 76 valence electrons. The maximum Gasteiger partial charge on any atom is 0.0410 e. The number of hydrogen-bond donors (Lipinski definition) is 1. The van der Waals surface area contributed by atoms with Gasteiger partial charge in [-0.2, -0.15) is 0 Å². The van der Waals surface area contributed by atoms with E-state index in [4.69, 9.17) is 5.73 Å². The summed E-state index contributed by atoms with van der Waals surface area (Å²) >= 11 is 3.40. The van der Waals surface area contributed by atoms with Crippen LogP contribution >= 0.6 is 15.9 Å². The molecule has 1 fully saturated rings. The molecule has 0 saturated heterocycles. The maximum atomic E-state index is 6.08. The van der Waals surface area contributed by atoms with E-state index in [1.54, 1.807) is 6.20 Å².